The highest BCUT2D eigenvalue weighted by atomic mass is 79.9. The van der Waals surface area contributed by atoms with Crippen molar-refractivity contribution in [2.75, 3.05) is 12.4 Å². The molecule has 1 heterocycles. The lowest BCUT2D eigenvalue weighted by atomic mass is 10.1. The Morgan fingerprint density at radius 2 is 1.93 bits per heavy atom. The van der Waals surface area contributed by atoms with Crippen LogP contribution >= 0.6 is 15.9 Å². The molecule has 30 heavy (non-hydrogen) atoms. The van der Waals surface area contributed by atoms with E-state index < -0.39 is 16.0 Å². The summed E-state index contributed by atoms with van der Waals surface area (Å²) in [5.41, 5.74) is 1.47. The number of aromatic nitrogens is 1. The summed E-state index contributed by atoms with van der Waals surface area (Å²) in [6.07, 6.45) is 1.06. The molecule has 0 bridgehead atoms. The van der Waals surface area contributed by atoms with Gasteiger partial charge >= 0.3 is 5.97 Å². The lowest BCUT2D eigenvalue weighted by Gasteiger charge is -2.16. The molecule has 0 saturated carbocycles. The molecular formula is C20H20BrN3O5S. The van der Waals surface area contributed by atoms with Crippen LogP contribution in [0.15, 0.2) is 52.0 Å². The van der Waals surface area contributed by atoms with E-state index in [9.17, 15) is 13.2 Å². The molecule has 0 spiro atoms. The van der Waals surface area contributed by atoms with Crippen LogP contribution < -0.4 is 15.2 Å². The SMILES string of the molecule is COC(=O)c1cc(Nc2c(S(N)(=O)=O)cnc3cc(Br)ccc23)cc(OC(C)C)c1. The monoisotopic (exact) mass is 493 g/mol. The number of rotatable bonds is 6. The number of benzene rings is 2. The van der Waals surface area contributed by atoms with Crippen LogP contribution in [0.3, 0.4) is 0 Å². The fraction of sp³-hybridized carbons (Fsp3) is 0.200. The minimum absolute atomic E-state index is 0.134. The van der Waals surface area contributed by atoms with Gasteiger partial charge in [0, 0.05) is 27.8 Å². The number of hydrogen-bond donors (Lipinski definition) is 2. The summed E-state index contributed by atoms with van der Waals surface area (Å²) in [5.74, 6) is -0.129. The van der Waals surface area contributed by atoms with Crippen LogP contribution in [0.4, 0.5) is 11.4 Å². The van der Waals surface area contributed by atoms with Crippen LogP contribution in [0.2, 0.25) is 0 Å². The first-order valence-electron chi connectivity index (χ1n) is 8.86. The number of methoxy groups -OCH3 is 1. The number of nitrogens with one attached hydrogen (secondary N) is 1. The van der Waals surface area contributed by atoms with Crippen molar-refractivity contribution < 1.29 is 22.7 Å². The molecule has 10 heteroatoms. The molecule has 3 rings (SSSR count). The smallest absolute Gasteiger partial charge is 0.338 e. The van der Waals surface area contributed by atoms with E-state index in [1.54, 1.807) is 30.3 Å². The minimum atomic E-state index is -4.07. The van der Waals surface area contributed by atoms with Crippen LogP contribution in [0.25, 0.3) is 10.9 Å². The second-order valence-corrected chi connectivity index (χ2v) is 9.18. The maximum absolute atomic E-state index is 12.2. The molecule has 0 aliphatic rings. The second kappa shape index (κ2) is 8.58. The van der Waals surface area contributed by atoms with Gasteiger partial charge in [-0.1, -0.05) is 15.9 Å². The standard InChI is InChI=1S/C20H20BrN3O5S/c1-11(2)29-15-7-12(20(25)28-3)6-14(9-15)24-19-16-5-4-13(21)8-17(16)23-10-18(19)30(22,26)27/h4-11H,1-3H3,(H,23,24)(H2,22,26,27). The molecule has 8 nitrogen and oxygen atoms in total. The Balaban J connectivity index is 2.20. The van der Waals surface area contributed by atoms with Gasteiger partial charge in [0.2, 0.25) is 10.0 Å². The number of ether oxygens (including phenoxy) is 2. The number of halogens is 1. The second-order valence-electron chi connectivity index (χ2n) is 6.73. The van der Waals surface area contributed by atoms with E-state index in [2.05, 4.69) is 26.2 Å². The molecule has 0 atom stereocenters. The van der Waals surface area contributed by atoms with Gasteiger partial charge in [0.25, 0.3) is 0 Å². The third-order valence-corrected chi connectivity index (χ3v) is 5.49. The molecule has 0 amide bonds. The molecule has 0 radical (unpaired) electrons. The van der Waals surface area contributed by atoms with Gasteiger partial charge in [-0.25, -0.2) is 18.4 Å². The molecule has 0 aliphatic heterocycles. The molecule has 1 aromatic heterocycles. The fourth-order valence-corrected chi connectivity index (χ4v) is 3.88. The summed E-state index contributed by atoms with van der Waals surface area (Å²) >= 11 is 3.38. The first-order chi connectivity index (χ1) is 14.1. The zero-order valence-electron chi connectivity index (χ0n) is 16.5. The highest BCUT2D eigenvalue weighted by Gasteiger charge is 2.19. The summed E-state index contributed by atoms with van der Waals surface area (Å²) < 4.78 is 35.7. The number of anilines is 2. The Labute approximate surface area is 182 Å². The third-order valence-electron chi connectivity index (χ3n) is 4.07. The van der Waals surface area contributed by atoms with Gasteiger partial charge < -0.3 is 14.8 Å². The number of hydrogen-bond acceptors (Lipinski definition) is 7. The average Bonchev–Trinajstić information content (AvgIpc) is 2.65. The van der Waals surface area contributed by atoms with Crippen molar-refractivity contribution in [3.8, 4) is 5.75 Å². The van der Waals surface area contributed by atoms with Gasteiger partial charge in [-0.15, -0.1) is 0 Å². The van der Waals surface area contributed by atoms with E-state index in [0.29, 0.717) is 22.3 Å². The molecule has 0 aliphatic carbocycles. The van der Waals surface area contributed by atoms with Crippen LogP contribution in [0, 0.1) is 0 Å². The molecule has 0 unspecified atom stereocenters. The van der Waals surface area contributed by atoms with Gasteiger partial charge in [0.15, 0.2) is 0 Å². The quantitative estimate of drug-likeness (QED) is 0.498. The fourth-order valence-electron chi connectivity index (χ4n) is 2.88. The van der Waals surface area contributed by atoms with Gasteiger partial charge in [0.1, 0.15) is 10.6 Å². The van der Waals surface area contributed by atoms with Crippen molar-refractivity contribution in [1.82, 2.24) is 4.98 Å². The zero-order chi connectivity index (χ0) is 22.1. The molecule has 158 valence electrons. The Kier molecular flexibility index (Phi) is 6.30. The summed E-state index contributed by atoms with van der Waals surface area (Å²) in [5, 5.41) is 9.03. The highest BCUT2D eigenvalue weighted by Crippen LogP contribution is 2.34. The zero-order valence-corrected chi connectivity index (χ0v) is 18.9. The van der Waals surface area contributed by atoms with Crippen LogP contribution in [0.1, 0.15) is 24.2 Å². The van der Waals surface area contributed by atoms with Crippen molar-refractivity contribution in [3.63, 3.8) is 0 Å². The summed E-state index contributed by atoms with van der Waals surface area (Å²) in [7, 11) is -2.80. The van der Waals surface area contributed by atoms with E-state index in [4.69, 9.17) is 14.6 Å². The minimum Gasteiger partial charge on any atom is -0.491 e. The largest absolute Gasteiger partial charge is 0.491 e. The molecule has 0 fully saturated rings. The topological polar surface area (TPSA) is 121 Å². The summed E-state index contributed by atoms with van der Waals surface area (Å²) in [4.78, 5) is 16.1. The van der Waals surface area contributed by atoms with Crippen molar-refractivity contribution in [2.45, 2.75) is 24.8 Å². The number of pyridine rings is 1. The molecule has 3 aromatic rings. The maximum atomic E-state index is 12.2. The first-order valence-corrected chi connectivity index (χ1v) is 11.2. The highest BCUT2D eigenvalue weighted by molar-refractivity contribution is 9.10. The number of primary sulfonamides is 1. The van der Waals surface area contributed by atoms with E-state index in [1.807, 2.05) is 13.8 Å². The van der Waals surface area contributed by atoms with Gasteiger partial charge in [-0.2, -0.15) is 0 Å². The van der Waals surface area contributed by atoms with Crippen molar-refractivity contribution >= 4 is 54.2 Å². The van der Waals surface area contributed by atoms with Crippen molar-refractivity contribution in [1.29, 1.82) is 0 Å². The Morgan fingerprint density at radius 1 is 1.20 bits per heavy atom. The third kappa shape index (κ3) is 4.89. The van der Waals surface area contributed by atoms with Gasteiger partial charge in [-0.3, -0.25) is 4.98 Å². The summed E-state index contributed by atoms with van der Waals surface area (Å²) in [6.45, 7) is 3.70. The van der Waals surface area contributed by atoms with E-state index in [-0.39, 0.29) is 22.3 Å². The number of fused-ring (bicyclic) bond motifs is 1. The molecular weight excluding hydrogens is 474 g/mol. The molecule has 3 N–H and O–H groups in total. The Morgan fingerprint density at radius 3 is 2.57 bits per heavy atom. The Bertz CT molecular complexity index is 1230. The normalized spacial score (nSPS) is 11.5. The number of carbonyl (C=O) groups excluding carboxylic acids is 1. The number of carbonyl (C=O) groups is 1. The van der Waals surface area contributed by atoms with Crippen LogP contribution in [0.5, 0.6) is 5.75 Å². The summed E-state index contributed by atoms with van der Waals surface area (Å²) in [6, 6.07) is 9.99. The number of esters is 1. The van der Waals surface area contributed by atoms with Gasteiger partial charge in [0.05, 0.1) is 30.0 Å². The first kappa shape index (κ1) is 22.0. The molecule has 0 saturated heterocycles. The van der Waals surface area contributed by atoms with Crippen LogP contribution in [-0.4, -0.2) is 32.6 Å². The number of nitrogens with two attached hydrogens (primary N) is 1. The Hall–Kier alpha value is -2.69. The lowest BCUT2D eigenvalue weighted by Crippen LogP contribution is -2.15. The van der Waals surface area contributed by atoms with Crippen molar-refractivity contribution in [2.24, 2.45) is 5.14 Å². The van der Waals surface area contributed by atoms with E-state index in [1.165, 1.54) is 19.4 Å². The lowest BCUT2D eigenvalue weighted by molar-refractivity contribution is 0.0600. The van der Waals surface area contributed by atoms with Crippen LogP contribution in [-0.2, 0) is 14.8 Å². The van der Waals surface area contributed by atoms with E-state index >= 15 is 0 Å². The molecule has 2 aromatic carbocycles. The maximum Gasteiger partial charge on any atom is 0.338 e. The number of sulfonamides is 1. The predicted molar refractivity (Wildman–Crippen MR) is 118 cm³/mol. The number of nitrogens with zero attached hydrogens (tertiary/aromatic N) is 1. The predicted octanol–water partition coefficient (Wildman–Crippen LogP) is 3.96. The van der Waals surface area contributed by atoms with Crippen molar-refractivity contribution in [3.05, 3.63) is 52.6 Å². The average molecular weight is 494 g/mol. The van der Waals surface area contributed by atoms with E-state index in [0.717, 1.165) is 4.47 Å². The van der Waals surface area contributed by atoms with Gasteiger partial charge in [-0.05, 0) is 44.2 Å².